The monoisotopic (exact) mass is 225 g/mol. The van der Waals surface area contributed by atoms with Gasteiger partial charge < -0.3 is 10.5 Å². The van der Waals surface area contributed by atoms with E-state index in [9.17, 15) is 0 Å². The Morgan fingerprint density at radius 1 is 1.47 bits per heavy atom. The second kappa shape index (κ2) is 4.37. The highest BCUT2D eigenvalue weighted by molar-refractivity contribution is 7.98. The number of hydrogen-bond donors (Lipinski definition) is 1. The van der Waals surface area contributed by atoms with Gasteiger partial charge in [-0.05, 0) is 6.92 Å². The lowest BCUT2D eigenvalue weighted by atomic mass is 10.2. The van der Waals surface area contributed by atoms with E-state index in [1.165, 1.54) is 0 Å². The summed E-state index contributed by atoms with van der Waals surface area (Å²) in [6, 6.07) is 0.0850. The van der Waals surface area contributed by atoms with E-state index in [2.05, 4.69) is 9.97 Å². The molecule has 0 saturated carbocycles. The molecule has 82 valence electrons. The zero-order chi connectivity index (χ0) is 10.8. The number of hydrogen-bond acceptors (Lipinski definition) is 5. The van der Waals surface area contributed by atoms with Gasteiger partial charge in [0.05, 0.1) is 12.8 Å². The van der Waals surface area contributed by atoms with Crippen molar-refractivity contribution < 1.29 is 4.74 Å². The molecule has 1 aromatic rings. The lowest BCUT2D eigenvalue weighted by Gasteiger charge is -2.09. The predicted molar refractivity (Wildman–Crippen MR) is 60.9 cm³/mol. The highest BCUT2D eigenvalue weighted by Crippen LogP contribution is 2.33. The van der Waals surface area contributed by atoms with E-state index in [-0.39, 0.29) is 6.04 Å². The number of nitrogens with zero attached hydrogens (tertiary/aromatic N) is 2. The van der Waals surface area contributed by atoms with Gasteiger partial charge >= 0.3 is 0 Å². The summed E-state index contributed by atoms with van der Waals surface area (Å²) in [5.74, 6) is 3.43. The number of nitrogens with two attached hydrogens (primary N) is 1. The summed E-state index contributed by atoms with van der Waals surface area (Å²) in [7, 11) is 1.65. The van der Waals surface area contributed by atoms with E-state index < -0.39 is 0 Å². The van der Waals surface area contributed by atoms with Crippen molar-refractivity contribution in [3.05, 3.63) is 17.1 Å². The molecule has 4 nitrogen and oxygen atoms in total. The Morgan fingerprint density at radius 2 is 2.27 bits per heavy atom. The fraction of sp³-hybridized carbons (Fsp3) is 0.600. The third-order valence-electron chi connectivity index (χ3n) is 2.28. The Kier molecular flexibility index (Phi) is 3.11. The first-order chi connectivity index (χ1) is 7.20. The minimum absolute atomic E-state index is 0.0850. The second-order valence-electron chi connectivity index (χ2n) is 3.75. The van der Waals surface area contributed by atoms with Crippen molar-refractivity contribution in [3.8, 4) is 5.88 Å². The predicted octanol–water partition coefficient (Wildman–Crippen LogP) is 1.12. The molecule has 2 N–H and O–H groups in total. The molecular weight excluding hydrogens is 210 g/mol. The van der Waals surface area contributed by atoms with Crippen molar-refractivity contribution in [1.29, 1.82) is 0 Å². The van der Waals surface area contributed by atoms with Crippen LogP contribution in [0.25, 0.3) is 0 Å². The van der Waals surface area contributed by atoms with Gasteiger partial charge in [-0.25, -0.2) is 4.98 Å². The molecule has 1 aromatic heterocycles. The van der Waals surface area contributed by atoms with Gasteiger partial charge in [-0.3, -0.25) is 0 Å². The Morgan fingerprint density at radius 3 is 2.93 bits per heavy atom. The average Bonchev–Trinajstić information content (AvgIpc) is 2.63. The summed E-state index contributed by atoms with van der Waals surface area (Å²) in [4.78, 5) is 8.89. The molecule has 0 bridgehead atoms. The van der Waals surface area contributed by atoms with Crippen molar-refractivity contribution >= 4 is 11.8 Å². The zero-order valence-corrected chi connectivity index (χ0v) is 9.80. The quantitative estimate of drug-likeness (QED) is 0.835. The number of thioether (sulfide) groups is 1. The zero-order valence-electron chi connectivity index (χ0n) is 8.99. The van der Waals surface area contributed by atoms with E-state index >= 15 is 0 Å². The Hall–Kier alpha value is -0.810. The summed E-state index contributed by atoms with van der Waals surface area (Å²) in [5, 5.41) is 0. The number of ether oxygens (including phenoxy) is 1. The van der Waals surface area contributed by atoms with E-state index in [1.807, 2.05) is 18.7 Å². The molecule has 2 heterocycles. The van der Waals surface area contributed by atoms with Crippen LogP contribution in [0.4, 0.5) is 0 Å². The summed E-state index contributed by atoms with van der Waals surface area (Å²) in [6.45, 7) is 1.96. The Bertz CT molecular complexity index is 368. The van der Waals surface area contributed by atoms with E-state index in [0.29, 0.717) is 6.42 Å². The molecule has 1 atom stereocenters. The lowest BCUT2D eigenvalue weighted by molar-refractivity contribution is 0.390. The molecule has 0 aromatic carbocycles. The maximum atomic E-state index is 5.74. The van der Waals surface area contributed by atoms with Gasteiger partial charge in [0, 0.05) is 29.5 Å². The van der Waals surface area contributed by atoms with Crippen molar-refractivity contribution in [2.45, 2.75) is 30.9 Å². The van der Waals surface area contributed by atoms with Crippen molar-refractivity contribution in [2.75, 3.05) is 7.11 Å². The molecule has 1 aliphatic heterocycles. The maximum absolute atomic E-state index is 5.74. The Balaban J connectivity index is 2.34. The molecule has 1 unspecified atom stereocenters. The first-order valence-electron chi connectivity index (χ1n) is 4.96. The summed E-state index contributed by atoms with van der Waals surface area (Å²) < 4.78 is 5.27. The van der Waals surface area contributed by atoms with Gasteiger partial charge in [-0.15, -0.1) is 0 Å². The molecule has 5 heteroatoms. The van der Waals surface area contributed by atoms with Crippen LogP contribution in [0.2, 0.25) is 0 Å². The average molecular weight is 225 g/mol. The van der Waals surface area contributed by atoms with Gasteiger partial charge in [-0.2, -0.15) is 16.7 Å². The summed E-state index contributed by atoms with van der Waals surface area (Å²) in [5.41, 5.74) is 8.00. The lowest BCUT2D eigenvalue weighted by Crippen LogP contribution is -2.20. The third kappa shape index (κ3) is 2.23. The highest BCUT2D eigenvalue weighted by atomic mass is 32.2. The summed E-state index contributed by atoms with van der Waals surface area (Å²) in [6.07, 6.45) is 0.703. The Labute approximate surface area is 93.6 Å². The standard InChI is InChI=1S/C10H15N3OS/c1-6(11)3-9-12-8-5-15-4-7(8)10(13-9)14-2/h6H,3-5,11H2,1-2H3. The largest absolute Gasteiger partial charge is 0.481 e. The first-order valence-corrected chi connectivity index (χ1v) is 6.12. The normalized spacial score (nSPS) is 16.2. The van der Waals surface area contributed by atoms with Crippen LogP contribution >= 0.6 is 11.8 Å². The number of fused-ring (bicyclic) bond motifs is 1. The molecule has 0 spiro atoms. The van der Waals surface area contributed by atoms with Gasteiger partial charge in [0.1, 0.15) is 5.82 Å². The third-order valence-corrected chi connectivity index (χ3v) is 3.25. The van der Waals surface area contributed by atoms with Crippen LogP contribution in [-0.2, 0) is 17.9 Å². The van der Waals surface area contributed by atoms with Gasteiger partial charge in [0.15, 0.2) is 0 Å². The topological polar surface area (TPSA) is 61.0 Å². The molecule has 15 heavy (non-hydrogen) atoms. The summed E-state index contributed by atoms with van der Waals surface area (Å²) >= 11 is 1.85. The number of methoxy groups -OCH3 is 1. The van der Waals surface area contributed by atoms with E-state index in [4.69, 9.17) is 10.5 Å². The number of aromatic nitrogens is 2. The number of rotatable bonds is 3. The molecule has 0 amide bonds. The van der Waals surface area contributed by atoms with Gasteiger partial charge in [0.2, 0.25) is 5.88 Å². The van der Waals surface area contributed by atoms with Crippen LogP contribution in [0.15, 0.2) is 0 Å². The van der Waals surface area contributed by atoms with Crippen LogP contribution in [-0.4, -0.2) is 23.1 Å². The molecule has 0 aliphatic carbocycles. The molecule has 2 rings (SSSR count). The minimum Gasteiger partial charge on any atom is -0.481 e. The van der Waals surface area contributed by atoms with Crippen LogP contribution in [0, 0.1) is 0 Å². The van der Waals surface area contributed by atoms with Crippen molar-refractivity contribution in [1.82, 2.24) is 9.97 Å². The SMILES string of the molecule is COc1nc(CC(C)N)nc2c1CSC2. The van der Waals surface area contributed by atoms with Gasteiger partial charge in [-0.1, -0.05) is 0 Å². The highest BCUT2D eigenvalue weighted by Gasteiger charge is 2.20. The van der Waals surface area contributed by atoms with E-state index in [0.717, 1.165) is 34.5 Å². The van der Waals surface area contributed by atoms with Crippen molar-refractivity contribution in [2.24, 2.45) is 5.73 Å². The molecule has 0 radical (unpaired) electrons. The van der Waals surface area contributed by atoms with Gasteiger partial charge in [0.25, 0.3) is 0 Å². The molecule has 0 fully saturated rings. The first kappa shape index (κ1) is 10.7. The fourth-order valence-electron chi connectivity index (χ4n) is 1.62. The molecular formula is C10H15N3OS. The van der Waals surface area contributed by atoms with Crippen LogP contribution in [0.5, 0.6) is 5.88 Å². The minimum atomic E-state index is 0.0850. The smallest absolute Gasteiger partial charge is 0.220 e. The van der Waals surface area contributed by atoms with Crippen molar-refractivity contribution in [3.63, 3.8) is 0 Å². The van der Waals surface area contributed by atoms with Crippen LogP contribution < -0.4 is 10.5 Å². The van der Waals surface area contributed by atoms with Crippen LogP contribution in [0.1, 0.15) is 24.0 Å². The molecule has 0 saturated heterocycles. The molecule has 1 aliphatic rings. The van der Waals surface area contributed by atoms with Crippen LogP contribution in [0.3, 0.4) is 0 Å². The van der Waals surface area contributed by atoms with E-state index in [1.54, 1.807) is 7.11 Å². The maximum Gasteiger partial charge on any atom is 0.220 e. The fourth-order valence-corrected chi connectivity index (χ4v) is 2.65. The second-order valence-corrected chi connectivity index (χ2v) is 4.73.